The van der Waals surface area contributed by atoms with Crippen LogP contribution >= 0.6 is 11.6 Å². The number of pyridine rings is 1. The monoisotopic (exact) mass is 581 g/mol. The van der Waals surface area contributed by atoms with Gasteiger partial charge in [0.1, 0.15) is 6.10 Å². The van der Waals surface area contributed by atoms with Gasteiger partial charge in [-0.1, -0.05) is 17.7 Å². The highest BCUT2D eigenvalue weighted by molar-refractivity contribution is 6.33. The predicted octanol–water partition coefficient (Wildman–Crippen LogP) is 4.70. The minimum Gasteiger partial charge on any atom is -0.388 e. The molecule has 0 spiro atoms. The first kappa shape index (κ1) is 28.6. The van der Waals surface area contributed by atoms with Gasteiger partial charge in [0.15, 0.2) is 5.43 Å². The summed E-state index contributed by atoms with van der Waals surface area (Å²) in [4.78, 5) is 25.3. The Hall–Kier alpha value is -2.56. The van der Waals surface area contributed by atoms with Crippen LogP contribution in [0.3, 0.4) is 0 Å². The van der Waals surface area contributed by atoms with E-state index in [1.54, 1.807) is 6.20 Å². The fourth-order valence-electron chi connectivity index (χ4n) is 6.82. The summed E-state index contributed by atoms with van der Waals surface area (Å²) in [5.41, 5.74) is 4.09. The number of benzene rings is 1. The molecule has 41 heavy (non-hydrogen) atoms. The Morgan fingerprint density at radius 3 is 2.68 bits per heavy atom. The molecule has 0 aliphatic carbocycles. The Morgan fingerprint density at radius 1 is 1.20 bits per heavy atom. The van der Waals surface area contributed by atoms with Crippen molar-refractivity contribution in [2.45, 2.75) is 103 Å². The second-order valence-electron chi connectivity index (χ2n) is 12.2. The molecule has 0 saturated carbocycles. The van der Waals surface area contributed by atoms with E-state index in [2.05, 4.69) is 47.5 Å². The molecule has 3 aliphatic heterocycles. The van der Waals surface area contributed by atoms with Crippen molar-refractivity contribution >= 4 is 28.5 Å². The van der Waals surface area contributed by atoms with Crippen molar-refractivity contribution in [3.63, 3.8) is 0 Å². The van der Waals surface area contributed by atoms with Crippen LogP contribution in [0.5, 0.6) is 0 Å². The van der Waals surface area contributed by atoms with E-state index in [-0.39, 0.29) is 41.8 Å². The zero-order valence-electron chi connectivity index (χ0n) is 24.4. The van der Waals surface area contributed by atoms with Crippen molar-refractivity contribution in [3.05, 3.63) is 50.9 Å². The molecule has 3 fully saturated rings. The standard InChI is InChI=1S/C31H40ClN5O4/c1-16(2)37-25-10-20(6-8-22(25)29(38)19(5)26(37)13-36-17(3)14-40-15-18(36)4)28-23(32)12-33-31(35-28)34-24-11-21-7-9-27(41-21)30(24)39/h6,8,10,12,16-18,21,24,27,30,39H,7,9,11,13-15H2,1-5H3,(H,33,34,35)/t17-,18-,21+,24?,27-,30?/m0/s1. The molecule has 6 rings (SSSR count). The molecule has 10 heteroatoms. The average Bonchev–Trinajstić information content (AvgIpc) is 3.36. The summed E-state index contributed by atoms with van der Waals surface area (Å²) in [6.45, 7) is 12.6. The quantitative estimate of drug-likeness (QED) is 0.432. The molecule has 3 saturated heterocycles. The minimum atomic E-state index is -0.615. The molecule has 5 heterocycles. The number of anilines is 1. The molecule has 220 valence electrons. The molecular weight excluding hydrogens is 542 g/mol. The van der Waals surface area contributed by atoms with Gasteiger partial charge in [-0.2, -0.15) is 0 Å². The summed E-state index contributed by atoms with van der Waals surface area (Å²) in [5.74, 6) is 0.413. The van der Waals surface area contributed by atoms with E-state index in [1.165, 1.54) is 0 Å². The highest BCUT2D eigenvalue weighted by Gasteiger charge is 2.42. The highest BCUT2D eigenvalue weighted by atomic mass is 35.5. The topological polar surface area (TPSA) is 102 Å². The first-order valence-electron chi connectivity index (χ1n) is 14.8. The van der Waals surface area contributed by atoms with Gasteiger partial charge in [-0.05, 0) is 66.0 Å². The summed E-state index contributed by atoms with van der Waals surface area (Å²) in [6, 6.07) is 6.26. The van der Waals surface area contributed by atoms with Crippen LogP contribution in [0.25, 0.3) is 22.2 Å². The van der Waals surface area contributed by atoms with Crippen molar-refractivity contribution < 1.29 is 14.6 Å². The van der Waals surface area contributed by atoms with E-state index < -0.39 is 6.10 Å². The average molecular weight is 582 g/mol. The van der Waals surface area contributed by atoms with Crippen molar-refractivity contribution in [1.29, 1.82) is 0 Å². The van der Waals surface area contributed by atoms with E-state index >= 15 is 0 Å². The van der Waals surface area contributed by atoms with Gasteiger partial charge >= 0.3 is 0 Å². The number of fused-ring (bicyclic) bond motifs is 3. The van der Waals surface area contributed by atoms with Gasteiger partial charge in [-0.3, -0.25) is 9.69 Å². The normalized spacial score (nSPS) is 28.5. The zero-order chi connectivity index (χ0) is 29.0. The van der Waals surface area contributed by atoms with Gasteiger partial charge in [0.05, 0.1) is 53.9 Å². The van der Waals surface area contributed by atoms with E-state index in [0.29, 0.717) is 48.2 Å². The van der Waals surface area contributed by atoms with E-state index in [0.717, 1.165) is 35.2 Å². The third-order valence-corrected chi connectivity index (χ3v) is 9.32. The second kappa shape index (κ2) is 11.3. The number of nitrogens with zero attached hydrogens (tertiary/aromatic N) is 4. The fraction of sp³-hybridized carbons (Fsp3) is 0.581. The lowest BCUT2D eigenvalue weighted by molar-refractivity contribution is -0.0811. The Kier molecular flexibility index (Phi) is 7.84. The number of nitrogens with one attached hydrogen (secondary N) is 1. The van der Waals surface area contributed by atoms with Crippen molar-refractivity contribution in [3.8, 4) is 11.3 Å². The van der Waals surface area contributed by atoms with Crippen LogP contribution in [0.4, 0.5) is 5.95 Å². The van der Waals surface area contributed by atoms with Crippen LogP contribution in [0.1, 0.15) is 64.3 Å². The fourth-order valence-corrected chi connectivity index (χ4v) is 7.02. The number of halogens is 1. The van der Waals surface area contributed by atoms with Gasteiger partial charge in [0.25, 0.3) is 0 Å². The van der Waals surface area contributed by atoms with Crippen molar-refractivity contribution in [2.24, 2.45) is 0 Å². The Bertz CT molecular complexity index is 1500. The van der Waals surface area contributed by atoms with Gasteiger partial charge < -0.3 is 24.5 Å². The predicted molar refractivity (Wildman–Crippen MR) is 161 cm³/mol. The molecule has 3 aliphatic rings. The van der Waals surface area contributed by atoms with Crippen molar-refractivity contribution in [1.82, 2.24) is 19.4 Å². The van der Waals surface area contributed by atoms with Crippen LogP contribution in [-0.2, 0) is 16.0 Å². The number of morpholine rings is 1. The molecule has 6 atom stereocenters. The Labute approximate surface area is 245 Å². The van der Waals surface area contributed by atoms with Gasteiger partial charge in [0, 0.05) is 46.9 Å². The third-order valence-electron chi connectivity index (χ3n) is 9.05. The molecule has 0 amide bonds. The zero-order valence-corrected chi connectivity index (χ0v) is 25.2. The molecule has 2 N–H and O–H groups in total. The molecule has 3 aromatic rings. The highest BCUT2D eigenvalue weighted by Crippen LogP contribution is 2.35. The Balaban J connectivity index is 1.40. The number of hydrogen-bond acceptors (Lipinski definition) is 8. The first-order valence-corrected chi connectivity index (χ1v) is 15.1. The van der Waals surface area contributed by atoms with Gasteiger partial charge in [-0.15, -0.1) is 0 Å². The SMILES string of the molecule is Cc1c(CN2[C@@H](C)COC[C@@H]2C)n(C(C)C)c2cc(-c3nc(NC4C[C@H]5CC[C@H](O5)C4O)ncc3Cl)ccc2c1=O. The summed E-state index contributed by atoms with van der Waals surface area (Å²) in [5, 5.41) is 15.2. The van der Waals surface area contributed by atoms with Gasteiger partial charge in [-0.25, -0.2) is 9.97 Å². The molecule has 0 radical (unpaired) electrons. The lowest BCUT2D eigenvalue weighted by Gasteiger charge is -2.39. The van der Waals surface area contributed by atoms with Crippen LogP contribution in [0, 0.1) is 6.92 Å². The lowest BCUT2D eigenvalue weighted by Crippen LogP contribution is -2.49. The smallest absolute Gasteiger partial charge is 0.223 e. The number of hydrogen-bond donors (Lipinski definition) is 2. The molecule has 2 unspecified atom stereocenters. The maximum atomic E-state index is 13.7. The van der Waals surface area contributed by atoms with Crippen LogP contribution in [0.15, 0.2) is 29.2 Å². The van der Waals surface area contributed by atoms with E-state index in [4.69, 9.17) is 26.1 Å². The number of rotatable bonds is 6. The largest absolute Gasteiger partial charge is 0.388 e. The molecule has 1 aromatic carbocycles. The molecule has 9 nitrogen and oxygen atoms in total. The van der Waals surface area contributed by atoms with Crippen LogP contribution in [0.2, 0.25) is 5.02 Å². The third kappa shape index (κ3) is 5.27. The van der Waals surface area contributed by atoms with E-state index in [1.807, 2.05) is 25.1 Å². The summed E-state index contributed by atoms with van der Waals surface area (Å²) in [6.07, 6.45) is 3.53. The number of aliphatic hydroxyl groups is 1. The first-order chi connectivity index (χ1) is 19.6. The van der Waals surface area contributed by atoms with Gasteiger partial charge in [0.2, 0.25) is 5.95 Å². The maximum absolute atomic E-state index is 13.7. The summed E-state index contributed by atoms with van der Waals surface area (Å²) >= 11 is 6.65. The van der Waals surface area contributed by atoms with E-state index in [9.17, 15) is 9.90 Å². The minimum absolute atomic E-state index is 0.0475. The molecular formula is C31H40ClN5O4. The summed E-state index contributed by atoms with van der Waals surface area (Å²) in [7, 11) is 0. The summed E-state index contributed by atoms with van der Waals surface area (Å²) < 4.78 is 13.9. The second-order valence-corrected chi connectivity index (χ2v) is 12.7. The van der Waals surface area contributed by atoms with Crippen LogP contribution in [-0.4, -0.2) is 74.2 Å². The molecule has 2 aromatic heterocycles. The number of aromatic nitrogens is 3. The van der Waals surface area contributed by atoms with Crippen LogP contribution < -0.4 is 10.7 Å². The van der Waals surface area contributed by atoms with Crippen molar-refractivity contribution in [2.75, 3.05) is 18.5 Å². The number of ether oxygens (including phenoxy) is 2. The maximum Gasteiger partial charge on any atom is 0.223 e. The lowest BCUT2D eigenvalue weighted by atomic mass is 10.0. The Morgan fingerprint density at radius 2 is 1.95 bits per heavy atom. The molecule has 2 bridgehead atoms. The number of aliphatic hydroxyl groups excluding tert-OH is 1.